The number of phenols is 1. The van der Waals surface area contributed by atoms with Crippen LogP contribution < -0.4 is 5.32 Å². The molecule has 22 heavy (non-hydrogen) atoms. The summed E-state index contributed by atoms with van der Waals surface area (Å²) in [4.78, 5) is 2.27. The number of rotatable bonds is 4. The summed E-state index contributed by atoms with van der Waals surface area (Å²) in [6, 6.07) is 3.41. The fourth-order valence-corrected chi connectivity index (χ4v) is 2.90. The zero-order valence-electron chi connectivity index (χ0n) is 12.4. The van der Waals surface area contributed by atoms with Gasteiger partial charge in [0.2, 0.25) is 0 Å². The summed E-state index contributed by atoms with van der Waals surface area (Å²) in [5, 5.41) is 13.4. The fourth-order valence-electron chi connectivity index (χ4n) is 2.58. The van der Waals surface area contributed by atoms with E-state index in [-0.39, 0.29) is 41.1 Å². The minimum Gasteiger partial charge on any atom is -0.505 e. The molecule has 0 spiro atoms. The number of piperazine rings is 1. The Morgan fingerprint density at radius 1 is 1.41 bits per heavy atom. The molecule has 2 rings (SSSR count). The predicted octanol–water partition coefficient (Wildman–Crippen LogP) is 4.05. The van der Waals surface area contributed by atoms with Crippen LogP contribution in [0.2, 0.25) is 0 Å². The van der Waals surface area contributed by atoms with Gasteiger partial charge in [0.1, 0.15) is 0 Å². The molecular weight excluding hydrogens is 394 g/mol. The highest BCUT2D eigenvalue weighted by molar-refractivity contribution is 9.10. The highest BCUT2D eigenvalue weighted by atomic mass is 79.9. The fraction of sp³-hybridized carbons (Fsp3) is 0.467. The normalized spacial score (nSPS) is 16.3. The van der Waals surface area contributed by atoms with E-state index in [1.807, 2.05) is 6.92 Å². The minimum absolute atomic E-state index is 0. The summed E-state index contributed by atoms with van der Waals surface area (Å²) in [6.45, 7) is 9.50. The van der Waals surface area contributed by atoms with Gasteiger partial charge in [-0.2, -0.15) is 0 Å². The van der Waals surface area contributed by atoms with E-state index in [1.165, 1.54) is 0 Å². The molecule has 0 aliphatic carbocycles. The summed E-state index contributed by atoms with van der Waals surface area (Å²) < 4.78 is 14.2. The summed E-state index contributed by atoms with van der Waals surface area (Å²) >= 11 is 3.10. The summed E-state index contributed by atoms with van der Waals surface area (Å²) in [5.41, 5.74) is 1.66. The Kier molecular flexibility index (Phi) is 9.58. The van der Waals surface area contributed by atoms with Gasteiger partial charge in [-0.1, -0.05) is 11.6 Å². The second kappa shape index (κ2) is 9.73. The minimum atomic E-state index is -0.593. The molecule has 0 saturated carbocycles. The monoisotopic (exact) mass is 414 g/mol. The molecule has 1 aliphatic rings. The first-order valence-electron chi connectivity index (χ1n) is 6.76. The molecule has 2 N–H and O–H groups in total. The first-order valence-corrected chi connectivity index (χ1v) is 7.56. The average Bonchev–Trinajstić information content (AvgIpc) is 2.44. The molecular formula is C15H22BrCl2FN2O. The first kappa shape index (κ1) is 21.7. The van der Waals surface area contributed by atoms with Gasteiger partial charge < -0.3 is 10.4 Å². The molecule has 0 bridgehead atoms. The van der Waals surface area contributed by atoms with E-state index in [1.54, 1.807) is 12.1 Å². The summed E-state index contributed by atoms with van der Waals surface area (Å²) in [5.74, 6) is -0.853. The Labute approximate surface area is 151 Å². The Morgan fingerprint density at radius 3 is 2.55 bits per heavy atom. The van der Waals surface area contributed by atoms with E-state index in [4.69, 9.17) is 0 Å². The van der Waals surface area contributed by atoms with Crippen LogP contribution in [0.3, 0.4) is 0 Å². The van der Waals surface area contributed by atoms with Crippen molar-refractivity contribution in [3.63, 3.8) is 0 Å². The van der Waals surface area contributed by atoms with Gasteiger partial charge in [-0.15, -0.1) is 31.4 Å². The van der Waals surface area contributed by atoms with Crippen LogP contribution in [-0.2, 0) is 0 Å². The zero-order valence-corrected chi connectivity index (χ0v) is 15.7. The molecule has 1 saturated heterocycles. The van der Waals surface area contributed by atoms with Gasteiger partial charge in [0, 0.05) is 37.8 Å². The number of nitrogens with one attached hydrogen (secondary N) is 1. The second-order valence-corrected chi connectivity index (χ2v) is 6.12. The van der Waals surface area contributed by atoms with Crippen LogP contribution in [0.15, 0.2) is 28.8 Å². The van der Waals surface area contributed by atoms with E-state index in [2.05, 4.69) is 32.7 Å². The Bertz CT molecular complexity index is 511. The molecule has 1 aromatic rings. The van der Waals surface area contributed by atoms with Crippen molar-refractivity contribution in [2.45, 2.75) is 19.4 Å². The molecule has 1 aromatic carbocycles. The lowest BCUT2D eigenvalue weighted by molar-refractivity contribution is 0.169. The van der Waals surface area contributed by atoms with E-state index < -0.39 is 5.82 Å². The van der Waals surface area contributed by atoms with Gasteiger partial charge in [-0.05, 0) is 35.3 Å². The maximum absolute atomic E-state index is 13.9. The van der Waals surface area contributed by atoms with Crippen LogP contribution in [0.25, 0.3) is 0 Å². The van der Waals surface area contributed by atoms with Crippen molar-refractivity contribution >= 4 is 40.7 Å². The third-order valence-corrected chi connectivity index (χ3v) is 4.21. The molecule has 1 heterocycles. The molecule has 126 valence electrons. The van der Waals surface area contributed by atoms with Crippen LogP contribution in [0.1, 0.15) is 24.9 Å². The van der Waals surface area contributed by atoms with Gasteiger partial charge in [0.05, 0.1) is 4.47 Å². The molecule has 1 atom stereocenters. The Balaban J connectivity index is 0.00000220. The number of hydrogen-bond donors (Lipinski definition) is 2. The number of halogens is 4. The van der Waals surface area contributed by atoms with Crippen LogP contribution in [0.4, 0.5) is 4.39 Å². The number of nitrogens with zero attached hydrogens (tertiary/aromatic N) is 1. The quantitative estimate of drug-likeness (QED) is 0.728. The standard InChI is InChI=1S/C15H20BrFN2O.2ClH/c1-10(2)9-13(19-7-5-18-6-8-19)11-3-4-12(16)14(17)15(11)20;;/h3-4,13,18,20H,1,5-9H2,2H3;2*1H/t13-;;/m0../s1. The van der Waals surface area contributed by atoms with Crippen LogP contribution >= 0.6 is 40.7 Å². The molecule has 0 aromatic heterocycles. The maximum atomic E-state index is 13.9. The van der Waals surface area contributed by atoms with Crippen molar-refractivity contribution in [1.29, 1.82) is 0 Å². The van der Waals surface area contributed by atoms with Crippen LogP contribution in [0, 0.1) is 5.82 Å². The van der Waals surface area contributed by atoms with Crippen molar-refractivity contribution in [3.8, 4) is 5.75 Å². The largest absolute Gasteiger partial charge is 0.505 e. The van der Waals surface area contributed by atoms with Gasteiger partial charge >= 0.3 is 0 Å². The molecule has 7 heteroatoms. The lowest BCUT2D eigenvalue weighted by atomic mass is 9.97. The summed E-state index contributed by atoms with van der Waals surface area (Å²) in [6.07, 6.45) is 0.717. The smallest absolute Gasteiger partial charge is 0.179 e. The lowest BCUT2D eigenvalue weighted by Gasteiger charge is -2.35. The third-order valence-electron chi connectivity index (χ3n) is 3.59. The topological polar surface area (TPSA) is 35.5 Å². The first-order chi connectivity index (χ1) is 9.50. The Morgan fingerprint density at radius 2 is 2.00 bits per heavy atom. The maximum Gasteiger partial charge on any atom is 0.179 e. The molecule has 1 aliphatic heterocycles. The van der Waals surface area contributed by atoms with Gasteiger partial charge in [0.15, 0.2) is 11.6 Å². The third kappa shape index (κ3) is 5.10. The number of hydrogen-bond acceptors (Lipinski definition) is 3. The van der Waals surface area contributed by atoms with Crippen molar-refractivity contribution < 1.29 is 9.50 Å². The van der Waals surface area contributed by atoms with Crippen LogP contribution in [-0.4, -0.2) is 36.2 Å². The van der Waals surface area contributed by atoms with Crippen molar-refractivity contribution in [3.05, 3.63) is 40.1 Å². The molecule has 0 radical (unpaired) electrons. The predicted molar refractivity (Wildman–Crippen MR) is 96.9 cm³/mol. The van der Waals surface area contributed by atoms with Crippen molar-refractivity contribution in [1.82, 2.24) is 10.2 Å². The SMILES string of the molecule is C=C(C)C[C@@H](c1ccc(Br)c(F)c1O)N1CCNCC1.Cl.Cl. The number of aromatic hydroxyl groups is 1. The van der Waals surface area contributed by atoms with Gasteiger partial charge in [-0.25, -0.2) is 4.39 Å². The number of phenolic OH excluding ortho intramolecular Hbond substituents is 1. The van der Waals surface area contributed by atoms with Crippen molar-refractivity contribution in [2.24, 2.45) is 0 Å². The molecule has 3 nitrogen and oxygen atoms in total. The van der Waals surface area contributed by atoms with E-state index in [9.17, 15) is 9.50 Å². The van der Waals surface area contributed by atoms with Gasteiger partial charge in [-0.3, -0.25) is 4.90 Å². The van der Waals surface area contributed by atoms with Gasteiger partial charge in [0.25, 0.3) is 0 Å². The van der Waals surface area contributed by atoms with E-state index in [0.29, 0.717) is 12.0 Å². The zero-order chi connectivity index (χ0) is 14.7. The van der Waals surface area contributed by atoms with E-state index in [0.717, 1.165) is 31.8 Å². The molecule has 0 amide bonds. The number of benzene rings is 1. The lowest BCUT2D eigenvalue weighted by Crippen LogP contribution is -2.45. The van der Waals surface area contributed by atoms with E-state index >= 15 is 0 Å². The highest BCUT2D eigenvalue weighted by Crippen LogP contribution is 2.37. The second-order valence-electron chi connectivity index (χ2n) is 5.26. The van der Waals surface area contributed by atoms with Crippen LogP contribution in [0.5, 0.6) is 5.75 Å². The van der Waals surface area contributed by atoms with Crippen molar-refractivity contribution in [2.75, 3.05) is 26.2 Å². The molecule has 0 unspecified atom stereocenters. The summed E-state index contributed by atoms with van der Waals surface area (Å²) in [7, 11) is 0. The highest BCUT2D eigenvalue weighted by Gasteiger charge is 2.26. The average molecular weight is 416 g/mol. The Hall–Kier alpha value is -0.330. The molecule has 1 fully saturated rings.